The van der Waals surface area contributed by atoms with Gasteiger partial charge in [-0.05, 0) is 49.6 Å². The summed E-state index contributed by atoms with van der Waals surface area (Å²) in [7, 11) is -2.52. The van der Waals surface area contributed by atoms with Crippen LogP contribution in [0.1, 0.15) is 25.7 Å². The van der Waals surface area contributed by atoms with Gasteiger partial charge in [-0.3, -0.25) is 9.52 Å². The first-order valence-corrected chi connectivity index (χ1v) is 10.8. The molecule has 1 fully saturated rings. The number of phenolic OH excluding ortho intramolecular Hbond substituents is 1. The van der Waals surface area contributed by atoms with Crippen molar-refractivity contribution in [1.82, 2.24) is 0 Å². The van der Waals surface area contributed by atoms with Crippen LogP contribution in [0.3, 0.4) is 0 Å². The molecule has 0 saturated carbocycles. The van der Waals surface area contributed by atoms with Crippen molar-refractivity contribution in [3.05, 3.63) is 42.5 Å². The smallest absolute Gasteiger partial charge is 0.262 e. The molecule has 1 atom stereocenters. The summed E-state index contributed by atoms with van der Waals surface area (Å²) in [6, 6.07) is 10.3. The zero-order valence-electron chi connectivity index (χ0n) is 16.1. The number of amides is 1. The molecule has 2 aromatic rings. The molecule has 0 aromatic heterocycles. The molecule has 8 nitrogen and oxygen atoms in total. The molecule has 1 amide bonds. The van der Waals surface area contributed by atoms with Crippen molar-refractivity contribution in [3.63, 3.8) is 0 Å². The van der Waals surface area contributed by atoms with Gasteiger partial charge >= 0.3 is 0 Å². The largest absolute Gasteiger partial charge is 0.506 e. The van der Waals surface area contributed by atoms with Crippen LogP contribution in [0.5, 0.6) is 11.5 Å². The highest BCUT2D eigenvalue weighted by Gasteiger charge is 2.20. The van der Waals surface area contributed by atoms with Crippen molar-refractivity contribution in [2.24, 2.45) is 0 Å². The maximum atomic E-state index is 12.7. The van der Waals surface area contributed by atoms with E-state index in [0.29, 0.717) is 18.8 Å². The molecular weight excluding hydrogens is 396 g/mol. The monoisotopic (exact) mass is 420 g/mol. The minimum Gasteiger partial charge on any atom is -0.506 e. The molecule has 1 aliphatic rings. The summed E-state index contributed by atoms with van der Waals surface area (Å²) in [6.07, 6.45) is 2.80. The van der Waals surface area contributed by atoms with E-state index in [1.807, 2.05) is 0 Å². The summed E-state index contributed by atoms with van der Waals surface area (Å²) in [5.74, 6) is -0.160. The van der Waals surface area contributed by atoms with Crippen molar-refractivity contribution >= 4 is 27.3 Å². The summed E-state index contributed by atoms with van der Waals surface area (Å²) in [5.41, 5.74) is 0.315. The van der Waals surface area contributed by atoms with Gasteiger partial charge in [0.15, 0.2) is 0 Å². The van der Waals surface area contributed by atoms with E-state index in [1.54, 1.807) is 24.3 Å². The number of phenols is 1. The molecule has 3 rings (SSSR count). The summed E-state index contributed by atoms with van der Waals surface area (Å²) in [5, 5.41) is 12.6. The molecule has 1 aliphatic heterocycles. The van der Waals surface area contributed by atoms with E-state index in [-0.39, 0.29) is 40.5 Å². The number of methoxy groups -OCH3 is 1. The third-order valence-electron chi connectivity index (χ3n) is 4.62. The number of carbonyl (C=O) groups excluding carboxylic acids is 1. The van der Waals surface area contributed by atoms with Gasteiger partial charge in [0, 0.05) is 13.0 Å². The van der Waals surface area contributed by atoms with E-state index in [1.165, 1.54) is 25.3 Å². The molecule has 156 valence electrons. The number of hydrogen-bond acceptors (Lipinski definition) is 6. The molecule has 1 heterocycles. The van der Waals surface area contributed by atoms with Crippen molar-refractivity contribution < 1.29 is 27.8 Å². The molecule has 1 saturated heterocycles. The molecule has 29 heavy (non-hydrogen) atoms. The molecule has 0 aliphatic carbocycles. The van der Waals surface area contributed by atoms with Gasteiger partial charge in [0.25, 0.3) is 10.0 Å². The first-order valence-electron chi connectivity index (χ1n) is 9.29. The Morgan fingerprint density at radius 2 is 2.03 bits per heavy atom. The van der Waals surface area contributed by atoms with Crippen LogP contribution in [0.4, 0.5) is 11.4 Å². The number of carbonyl (C=O) groups is 1. The highest BCUT2D eigenvalue weighted by Crippen LogP contribution is 2.30. The standard InChI is InChI=1S/C20H24N2O6S/c1-27-19-7-3-2-6-16(19)22-29(25,26)15-9-10-18(23)17(13-15)21-20(24)11-8-14-5-4-12-28-14/h2-3,6-7,9-10,13-14,22-23H,4-5,8,11-12H2,1H3,(H,21,24). The van der Waals surface area contributed by atoms with E-state index >= 15 is 0 Å². The normalized spacial score (nSPS) is 16.4. The Morgan fingerprint density at radius 3 is 2.76 bits per heavy atom. The predicted octanol–water partition coefficient (Wildman–Crippen LogP) is 3.10. The van der Waals surface area contributed by atoms with E-state index in [4.69, 9.17) is 9.47 Å². The molecule has 0 spiro atoms. The summed E-state index contributed by atoms with van der Waals surface area (Å²) in [6.45, 7) is 0.714. The highest BCUT2D eigenvalue weighted by atomic mass is 32.2. The first kappa shape index (κ1) is 20.9. The molecular formula is C20H24N2O6S. The lowest BCUT2D eigenvalue weighted by molar-refractivity contribution is -0.116. The number of para-hydroxylation sites is 2. The second kappa shape index (κ2) is 9.15. The molecule has 2 aromatic carbocycles. The van der Waals surface area contributed by atoms with Gasteiger partial charge in [-0.15, -0.1) is 0 Å². The maximum absolute atomic E-state index is 12.7. The third kappa shape index (κ3) is 5.39. The van der Waals surface area contributed by atoms with Crippen LogP contribution >= 0.6 is 0 Å². The zero-order chi connectivity index (χ0) is 20.9. The number of sulfonamides is 1. The fraction of sp³-hybridized carbons (Fsp3) is 0.350. The second-order valence-electron chi connectivity index (χ2n) is 6.71. The van der Waals surface area contributed by atoms with Gasteiger partial charge in [0.2, 0.25) is 5.91 Å². The molecule has 9 heteroatoms. The van der Waals surface area contributed by atoms with E-state index in [9.17, 15) is 18.3 Å². The molecule has 1 unspecified atom stereocenters. The summed E-state index contributed by atoms with van der Waals surface area (Å²) in [4.78, 5) is 12.1. The Hall–Kier alpha value is -2.78. The fourth-order valence-electron chi connectivity index (χ4n) is 3.09. The van der Waals surface area contributed by atoms with Gasteiger partial charge in [-0.25, -0.2) is 8.42 Å². The number of nitrogens with one attached hydrogen (secondary N) is 2. The third-order valence-corrected chi connectivity index (χ3v) is 5.98. The van der Waals surface area contributed by atoms with Crippen LogP contribution in [-0.2, 0) is 19.6 Å². The van der Waals surface area contributed by atoms with Crippen molar-refractivity contribution in [2.75, 3.05) is 23.8 Å². The van der Waals surface area contributed by atoms with Crippen LogP contribution < -0.4 is 14.8 Å². The molecule has 0 radical (unpaired) electrons. The highest BCUT2D eigenvalue weighted by molar-refractivity contribution is 7.92. The van der Waals surface area contributed by atoms with Crippen LogP contribution in [0, 0.1) is 0 Å². The maximum Gasteiger partial charge on any atom is 0.262 e. The average molecular weight is 420 g/mol. The van der Waals surface area contributed by atoms with Gasteiger partial charge in [0.05, 0.1) is 29.5 Å². The number of benzene rings is 2. The van der Waals surface area contributed by atoms with Crippen molar-refractivity contribution in [2.45, 2.75) is 36.7 Å². The van der Waals surface area contributed by atoms with Crippen LogP contribution in [0.2, 0.25) is 0 Å². The predicted molar refractivity (Wildman–Crippen MR) is 109 cm³/mol. The second-order valence-corrected chi connectivity index (χ2v) is 8.39. The lowest BCUT2D eigenvalue weighted by Gasteiger charge is -2.14. The number of ether oxygens (including phenoxy) is 2. The average Bonchev–Trinajstić information content (AvgIpc) is 3.22. The van der Waals surface area contributed by atoms with Crippen molar-refractivity contribution in [1.29, 1.82) is 0 Å². The van der Waals surface area contributed by atoms with E-state index in [2.05, 4.69) is 10.0 Å². The zero-order valence-corrected chi connectivity index (χ0v) is 16.9. The fourth-order valence-corrected chi connectivity index (χ4v) is 4.19. The first-order chi connectivity index (χ1) is 13.9. The number of aromatic hydroxyl groups is 1. The minimum absolute atomic E-state index is 0.0326. The van der Waals surface area contributed by atoms with Crippen LogP contribution in [0.25, 0.3) is 0 Å². The van der Waals surface area contributed by atoms with Crippen molar-refractivity contribution in [3.8, 4) is 11.5 Å². The quantitative estimate of drug-likeness (QED) is 0.566. The lowest BCUT2D eigenvalue weighted by Crippen LogP contribution is -2.17. The Kier molecular flexibility index (Phi) is 6.60. The van der Waals surface area contributed by atoms with Gasteiger partial charge in [-0.1, -0.05) is 12.1 Å². The van der Waals surface area contributed by atoms with Crippen LogP contribution in [-0.4, -0.2) is 39.3 Å². The topological polar surface area (TPSA) is 114 Å². The SMILES string of the molecule is COc1ccccc1NS(=O)(=O)c1ccc(O)c(NC(=O)CCC2CCCO2)c1. The van der Waals surface area contributed by atoms with E-state index < -0.39 is 10.0 Å². The Balaban J connectivity index is 1.72. The number of rotatable bonds is 8. The lowest BCUT2D eigenvalue weighted by atomic mass is 10.1. The number of anilines is 2. The summed E-state index contributed by atoms with van der Waals surface area (Å²) < 4.78 is 38.6. The number of hydrogen-bond donors (Lipinski definition) is 3. The van der Waals surface area contributed by atoms with Crippen LogP contribution in [0.15, 0.2) is 47.4 Å². The van der Waals surface area contributed by atoms with Gasteiger partial charge in [-0.2, -0.15) is 0 Å². The van der Waals surface area contributed by atoms with E-state index in [0.717, 1.165) is 12.8 Å². The Bertz CT molecular complexity index is 971. The molecule has 0 bridgehead atoms. The van der Waals surface area contributed by atoms with Gasteiger partial charge in [0.1, 0.15) is 11.5 Å². The minimum atomic E-state index is -3.96. The Labute approximate surface area is 169 Å². The Morgan fingerprint density at radius 1 is 1.24 bits per heavy atom. The molecule has 3 N–H and O–H groups in total. The van der Waals surface area contributed by atoms with Gasteiger partial charge < -0.3 is 19.9 Å². The summed E-state index contributed by atoms with van der Waals surface area (Å²) >= 11 is 0.